The molecule has 1 N–H and O–H groups in total. The average molecular weight is 134 g/mol. The molecule has 0 saturated carbocycles. The zero-order chi connectivity index (χ0) is 6.41. The van der Waals surface area contributed by atoms with Gasteiger partial charge in [-0.1, -0.05) is 5.04 Å². The van der Waals surface area contributed by atoms with Gasteiger partial charge in [0.15, 0.2) is 0 Å². The second kappa shape index (κ2) is 5.37. The third-order valence-corrected chi connectivity index (χ3v) is 1.00. The first-order valence-corrected chi connectivity index (χ1v) is 2.71. The molecule has 0 bridgehead atoms. The molecule has 46 valence electrons. The Kier molecular flexibility index (Phi) is 5.52. The summed E-state index contributed by atoms with van der Waals surface area (Å²) >= 11 is 0.757. The SMILES string of the molecule is [CH]CC([CH])SOOO. The molecule has 1 atom stereocenters. The highest BCUT2D eigenvalue weighted by atomic mass is 32.2. The highest BCUT2D eigenvalue weighted by Gasteiger charge is 1.99. The first kappa shape index (κ1) is 8.23. The van der Waals surface area contributed by atoms with Crippen molar-refractivity contribution >= 4 is 12.0 Å². The van der Waals surface area contributed by atoms with Crippen molar-refractivity contribution in [3.05, 3.63) is 13.8 Å². The Bertz CT molecular complexity index is 50.5. The Balaban J connectivity index is 2.86. The number of hydrogen-bond acceptors (Lipinski definition) is 4. The lowest BCUT2D eigenvalue weighted by Crippen LogP contribution is -1.94. The first-order chi connectivity index (χ1) is 3.81. The Hall–Kier alpha value is 0.230. The van der Waals surface area contributed by atoms with Crippen molar-refractivity contribution in [1.82, 2.24) is 0 Å². The molecule has 0 aromatic heterocycles. The minimum Gasteiger partial charge on any atom is -0.220 e. The summed E-state index contributed by atoms with van der Waals surface area (Å²) in [6.07, 6.45) is 0.272. The van der Waals surface area contributed by atoms with Crippen LogP contribution in [-0.4, -0.2) is 10.5 Å². The molecule has 0 aliphatic rings. The third kappa shape index (κ3) is 4.39. The van der Waals surface area contributed by atoms with Crippen LogP contribution in [0, 0.1) is 13.8 Å². The van der Waals surface area contributed by atoms with E-state index in [1.165, 1.54) is 0 Å². The predicted octanol–water partition coefficient (Wildman–Crippen LogP) is 1.24. The van der Waals surface area contributed by atoms with Crippen LogP contribution in [-0.2, 0) is 9.37 Å². The van der Waals surface area contributed by atoms with Gasteiger partial charge in [-0.25, -0.2) is 5.26 Å². The van der Waals surface area contributed by atoms with Crippen molar-refractivity contribution in [3.8, 4) is 0 Å². The van der Waals surface area contributed by atoms with E-state index in [1.54, 1.807) is 0 Å². The standard InChI is InChI=1S/C4H6O3S/c1-3-4(2)8-7-6-5/h1-2,4-5H,3H2. The van der Waals surface area contributed by atoms with Gasteiger partial charge in [0.1, 0.15) is 0 Å². The maximum atomic E-state index is 7.57. The summed E-state index contributed by atoms with van der Waals surface area (Å²) in [5.74, 6) is 0. The van der Waals surface area contributed by atoms with Gasteiger partial charge in [-0.3, -0.25) is 0 Å². The molecule has 0 spiro atoms. The van der Waals surface area contributed by atoms with E-state index in [0.29, 0.717) is 0 Å². The Labute approximate surface area is 53.0 Å². The molecule has 0 fully saturated rings. The fraction of sp³-hybridized carbons (Fsp3) is 0.500. The minimum absolute atomic E-state index is 0.272. The molecule has 4 heteroatoms. The number of rotatable bonds is 4. The van der Waals surface area contributed by atoms with Gasteiger partial charge in [0.25, 0.3) is 0 Å². The van der Waals surface area contributed by atoms with Gasteiger partial charge in [-0.05, 0) is 20.3 Å². The van der Waals surface area contributed by atoms with E-state index in [2.05, 4.69) is 9.37 Å². The van der Waals surface area contributed by atoms with Crippen LogP contribution >= 0.6 is 12.0 Å². The summed E-state index contributed by atoms with van der Waals surface area (Å²) in [6.45, 7) is 10.2. The quantitative estimate of drug-likeness (QED) is 0.356. The van der Waals surface area contributed by atoms with Gasteiger partial charge in [0, 0.05) is 17.3 Å². The Morgan fingerprint density at radius 2 is 2.38 bits per heavy atom. The lowest BCUT2D eigenvalue weighted by molar-refractivity contribution is -0.432. The van der Waals surface area contributed by atoms with E-state index >= 15 is 0 Å². The lowest BCUT2D eigenvalue weighted by atomic mass is 10.4. The zero-order valence-electron chi connectivity index (χ0n) is 4.11. The molecule has 0 aliphatic carbocycles. The summed E-state index contributed by atoms with van der Waals surface area (Å²) < 4.78 is 3.95. The smallest absolute Gasteiger partial charge is 0.0383 e. The first-order valence-electron chi connectivity index (χ1n) is 1.90. The summed E-state index contributed by atoms with van der Waals surface area (Å²) in [5.41, 5.74) is 0. The molecular formula is C4H6O3S. The van der Waals surface area contributed by atoms with Crippen molar-refractivity contribution in [2.75, 3.05) is 0 Å². The summed E-state index contributed by atoms with van der Waals surface area (Å²) in [5, 5.41) is 10.5. The van der Waals surface area contributed by atoms with Crippen LogP contribution in [0.3, 0.4) is 0 Å². The maximum absolute atomic E-state index is 7.57. The van der Waals surface area contributed by atoms with Crippen LogP contribution in [0.25, 0.3) is 0 Å². The van der Waals surface area contributed by atoms with Crippen molar-refractivity contribution in [1.29, 1.82) is 0 Å². The van der Waals surface area contributed by atoms with Crippen LogP contribution in [0.2, 0.25) is 0 Å². The maximum Gasteiger partial charge on any atom is 0.0383 e. The normalized spacial score (nSPS) is 13.9. The van der Waals surface area contributed by atoms with Crippen molar-refractivity contribution in [2.24, 2.45) is 0 Å². The molecule has 0 aromatic carbocycles. The second-order valence-electron chi connectivity index (χ2n) is 1.01. The number of hydrogen-bond donors (Lipinski definition) is 1. The molecular weight excluding hydrogens is 128 g/mol. The van der Waals surface area contributed by atoms with E-state index in [9.17, 15) is 0 Å². The van der Waals surface area contributed by atoms with Crippen LogP contribution < -0.4 is 0 Å². The van der Waals surface area contributed by atoms with E-state index in [-0.39, 0.29) is 11.7 Å². The monoisotopic (exact) mass is 134 g/mol. The topological polar surface area (TPSA) is 38.7 Å². The Morgan fingerprint density at radius 3 is 2.75 bits per heavy atom. The average Bonchev–Trinajstić information content (AvgIpc) is 1.83. The van der Waals surface area contributed by atoms with Crippen LogP contribution in [0.5, 0.6) is 0 Å². The van der Waals surface area contributed by atoms with Crippen molar-refractivity contribution in [2.45, 2.75) is 11.7 Å². The molecule has 3 nitrogen and oxygen atoms in total. The molecule has 1 unspecified atom stereocenters. The molecule has 4 radical (unpaired) electrons. The molecule has 0 rings (SSSR count). The highest BCUT2D eigenvalue weighted by molar-refractivity contribution is 7.95. The van der Waals surface area contributed by atoms with Gasteiger partial charge in [-0.2, -0.15) is 0 Å². The van der Waals surface area contributed by atoms with Crippen molar-refractivity contribution < 1.29 is 14.6 Å². The van der Waals surface area contributed by atoms with Gasteiger partial charge < -0.3 is 0 Å². The molecule has 0 amide bonds. The molecule has 0 heterocycles. The fourth-order valence-electron chi connectivity index (χ4n) is 0.107. The van der Waals surface area contributed by atoms with Crippen molar-refractivity contribution in [3.63, 3.8) is 0 Å². The van der Waals surface area contributed by atoms with Gasteiger partial charge in [0.2, 0.25) is 0 Å². The predicted molar refractivity (Wildman–Crippen MR) is 29.4 cm³/mol. The minimum atomic E-state index is -0.359. The van der Waals surface area contributed by atoms with Crippen LogP contribution in [0.4, 0.5) is 0 Å². The van der Waals surface area contributed by atoms with E-state index in [4.69, 9.17) is 19.1 Å². The fourth-order valence-corrected chi connectivity index (χ4v) is 0.322. The second-order valence-corrected chi connectivity index (χ2v) is 1.95. The highest BCUT2D eigenvalue weighted by Crippen LogP contribution is 2.13. The van der Waals surface area contributed by atoms with Gasteiger partial charge in [-0.15, -0.1) is 4.33 Å². The zero-order valence-corrected chi connectivity index (χ0v) is 4.93. The summed E-state index contributed by atoms with van der Waals surface area (Å²) in [7, 11) is 0. The molecule has 0 aromatic rings. The summed E-state index contributed by atoms with van der Waals surface area (Å²) in [6, 6.07) is 0. The lowest BCUT2D eigenvalue weighted by Gasteiger charge is -2.00. The Morgan fingerprint density at radius 1 is 1.75 bits per heavy atom. The summed E-state index contributed by atoms with van der Waals surface area (Å²) in [4.78, 5) is 0. The van der Waals surface area contributed by atoms with E-state index in [0.717, 1.165) is 12.0 Å². The largest absolute Gasteiger partial charge is 0.220 e. The van der Waals surface area contributed by atoms with E-state index in [1.807, 2.05) is 0 Å². The van der Waals surface area contributed by atoms with Gasteiger partial charge >= 0.3 is 0 Å². The van der Waals surface area contributed by atoms with Gasteiger partial charge in [0.05, 0.1) is 0 Å². The molecule has 8 heavy (non-hydrogen) atoms. The molecule has 0 saturated heterocycles. The molecule has 0 aliphatic heterocycles. The van der Waals surface area contributed by atoms with Crippen LogP contribution in [0.1, 0.15) is 6.42 Å². The van der Waals surface area contributed by atoms with E-state index < -0.39 is 0 Å². The third-order valence-electron chi connectivity index (χ3n) is 0.426. The van der Waals surface area contributed by atoms with Crippen LogP contribution in [0.15, 0.2) is 0 Å².